The van der Waals surface area contributed by atoms with E-state index in [2.05, 4.69) is 26.5 Å². The molecule has 0 spiro atoms. The standard InChI is InChI=1S/C16H15BrN4O3/c1-20(2)15-8-7-14(21(23)24)9-12(15)10-18-19-16(22)11-3-5-13(17)6-4-11/h3-10H,1-2H3,(H,19,22)/b18-10+. The Kier molecular flexibility index (Phi) is 5.64. The van der Waals surface area contributed by atoms with Crippen molar-refractivity contribution >= 4 is 39.4 Å². The van der Waals surface area contributed by atoms with Crippen LogP contribution in [0.3, 0.4) is 0 Å². The summed E-state index contributed by atoms with van der Waals surface area (Å²) in [5, 5.41) is 14.8. The highest BCUT2D eigenvalue weighted by atomic mass is 79.9. The maximum atomic E-state index is 12.0. The number of nitro groups is 1. The molecule has 0 aliphatic heterocycles. The molecule has 0 aliphatic rings. The largest absolute Gasteiger partial charge is 0.377 e. The fourth-order valence-corrected chi connectivity index (χ4v) is 2.26. The fraction of sp³-hybridized carbons (Fsp3) is 0.125. The van der Waals surface area contributed by atoms with E-state index in [0.717, 1.165) is 10.2 Å². The smallest absolute Gasteiger partial charge is 0.271 e. The Morgan fingerprint density at radius 2 is 1.92 bits per heavy atom. The normalized spacial score (nSPS) is 10.6. The third-order valence-electron chi connectivity index (χ3n) is 3.18. The zero-order valence-corrected chi connectivity index (χ0v) is 14.6. The maximum Gasteiger partial charge on any atom is 0.271 e. The third-order valence-corrected chi connectivity index (χ3v) is 3.71. The van der Waals surface area contributed by atoms with Crippen LogP contribution in [0.15, 0.2) is 52.0 Å². The van der Waals surface area contributed by atoms with Gasteiger partial charge in [0.2, 0.25) is 0 Å². The minimum Gasteiger partial charge on any atom is -0.377 e. The number of halogens is 1. The third kappa shape index (κ3) is 4.39. The predicted octanol–water partition coefficient (Wildman–Crippen LogP) is 3.19. The van der Waals surface area contributed by atoms with Crippen LogP contribution >= 0.6 is 15.9 Å². The lowest BCUT2D eigenvalue weighted by Crippen LogP contribution is -2.18. The van der Waals surface area contributed by atoms with Crippen LogP contribution in [0.25, 0.3) is 0 Å². The number of nitrogens with one attached hydrogen (secondary N) is 1. The first-order chi connectivity index (χ1) is 11.4. The first kappa shape index (κ1) is 17.6. The molecule has 0 heterocycles. The van der Waals surface area contributed by atoms with E-state index in [1.54, 1.807) is 30.3 Å². The number of benzene rings is 2. The average molecular weight is 391 g/mol. The molecule has 0 aliphatic carbocycles. The van der Waals surface area contributed by atoms with Gasteiger partial charge in [0.15, 0.2) is 0 Å². The van der Waals surface area contributed by atoms with E-state index in [0.29, 0.717) is 11.1 Å². The molecule has 0 aromatic heterocycles. The van der Waals surface area contributed by atoms with Crippen LogP contribution in [0.4, 0.5) is 11.4 Å². The fourth-order valence-electron chi connectivity index (χ4n) is 1.99. The summed E-state index contributed by atoms with van der Waals surface area (Å²) >= 11 is 3.30. The SMILES string of the molecule is CN(C)c1ccc([N+](=O)[O-])cc1/C=N/NC(=O)c1ccc(Br)cc1. The van der Waals surface area contributed by atoms with Gasteiger partial charge in [0, 0.05) is 47.5 Å². The number of anilines is 1. The lowest BCUT2D eigenvalue weighted by molar-refractivity contribution is -0.384. The summed E-state index contributed by atoms with van der Waals surface area (Å²) in [4.78, 5) is 24.2. The molecule has 124 valence electrons. The van der Waals surface area contributed by atoms with Gasteiger partial charge in [-0.15, -0.1) is 0 Å². The van der Waals surface area contributed by atoms with Gasteiger partial charge >= 0.3 is 0 Å². The summed E-state index contributed by atoms with van der Waals surface area (Å²) in [6.45, 7) is 0. The number of nitro benzene ring substituents is 1. The van der Waals surface area contributed by atoms with Crippen molar-refractivity contribution in [2.24, 2.45) is 5.10 Å². The molecule has 2 rings (SSSR count). The van der Waals surface area contributed by atoms with Gasteiger partial charge in [-0.2, -0.15) is 5.10 Å². The van der Waals surface area contributed by atoms with Crippen LogP contribution < -0.4 is 10.3 Å². The van der Waals surface area contributed by atoms with Gasteiger partial charge in [0.1, 0.15) is 0 Å². The molecule has 2 aromatic rings. The lowest BCUT2D eigenvalue weighted by Gasteiger charge is -2.14. The Hall–Kier alpha value is -2.74. The van der Waals surface area contributed by atoms with Crippen LogP contribution in [0.2, 0.25) is 0 Å². The molecule has 0 saturated carbocycles. The van der Waals surface area contributed by atoms with E-state index in [9.17, 15) is 14.9 Å². The summed E-state index contributed by atoms with van der Waals surface area (Å²) in [5.74, 6) is -0.365. The second-order valence-electron chi connectivity index (χ2n) is 5.10. The van der Waals surface area contributed by atoms with E-state index < -0.39 is 4.92 Å². The Bertz CT molecular complexity index is 788. The molecule has 0 radical (unpaired) electrons. The zero-order valence-electron chi connectivity index (χ0n) is 13.1. The number of hydrogen-bond acceptors (Lipinski definition) is 5. The molecule has 8 heteroatoms. The van der Waals surface area contributed by atoms with E-state index in [-0.39, 0.29) is 11.6 Å². The lowest BCUT2D eigenvalue weighted by atomic mass is 10.1. The van der Waals surface area contributed by atoms with Gasteiger partial charge in [-0.25, -0.2) is 5.43 Å². The zero-order chi connectivity index (χ0) is 17.7. The maximum absolute atomic E-state index is 12.0. The molecule has 0 saturated heterocycles. The van der Waals surface area contributed by atoms with Crippen molar-refractivity contribution in [2.75, 3.05) is 19.0 Å². The van der Waals surface area contributed by atoms with Crippen LogP contribution in [0.1, 0.15) is 15.9 Å². The minimum absolute atomic E-state index is 0.0405. The molecule has 7 nitrogen and oxygen atoms in total. The molecule has 0 fully saturated rings. The predicted molar refractivity (Wildman–Crippen MR) is 96.6 cm³/mol. The van der Waals surface area contributed by atoms with Crippen molar-refractivity contribution in [3.63, 3.8) is 0 Å². The van der Waals surface area contributed by atoms with E-state index >= 15 is 0 Å². The van der Waals surface area contributed by atoms with Crippen LogP contribution in [-0.2, 0) is 0 Å². The van der Waals surface area contributed by atoms with E-state index in [1.165, 1.54) is 18.3 Å². The first-order valence-corrected chi connectivity index (χ1v) is 7.72. The topological polar surface area (TPSA) is 87.8 Å². The number of hydrazone groups is 1. The van der Waals surface area contributed by atoms with Gasteiger partial charge in [0.25, 0.3) is 11.6 Å². The highest BCUT2D eigenvalue weighted by molar-refractivity contribution is 9.10. The van der Waals surface area contributed by atoms with E-state index in [4.69, 9.17) is 0 Å². The monoisotopic (exact) mass is 390 g/mol. The number of non-ortho nitro benzene ring substituents is 1. The first-order valence-electron chi connectivity index (χ1n) is 6.93. The van der Waals surface area contributed by atoms with Crippen LogP contribution in [0, 0.1) is 10.1 Å². The minimum atomic E-state index is -0.475. The van der Waals surface area contributed by atoms with E-state index in [1.807, 2.05) is 19.0 Å². The number of hydrogen-bond donors (Lipinski definition) is 1. The summed E-state index contributed by atoms with van der Waals surface area (Å²) in [6, 6.07) is 11.3. The van der Waals surface area contributed by atoms with Gasteiger partial charge in [-0.1, -0.05) is 15.9 Å². The van der Waals surface area contributed by atoms with Crippen LogP contribution in [-0.4, -0.2) is 31.1 Å². The van der Waals surface area contributed by atoms with Crippen molar-refractivity contribution in [2.45, 2.75) is 0 Å². The van der Waals surface area contributed by atoms with Crippen LogP contribution in [0.5, 0.6) is 0 Å². The van der Waals surface area contributed by atoms with Gasteiger partial charge < -0.3 is 4.90 Å². The van der Waals surface area contributed by atoms with Gasteiger partial charge in [-0.3, -0.25) is 14.9 Å². The number of carbonyl (C=O) groups excluding carboxylic acids is 1. The summed E-state index contributed by atoms with van der Waals surface area (Å²) in [7, 11) is 3.64. The summed E-state index contributed by atoms with van der Waals surface area (Å²) in [6.07, 6.45) is 1.39. The highest BCUT2D eigenvalue weighted by Crippen LogP contribution is 2.22. The Morgan fingerprint density at radius 3 is 2.50 bits per heavy atom. The second-order valence-corrected chi connectivity index (χ2v) is 6.02. The number of carbonyl (C=O) groups is 1. The Morgan fingerprint density at radius 1 is 1.25 bits per heavy atom. The number of rotatable bonds is 5. The van der Waals surface area contributed by atoms with Crippen molar-refractivity contribution in [3.8, 4) is 0 Å². The summed E-state index contributed by atoms with van der Waals surface area (Å²) in [5.41, 5.74) is 4.11. The highest BCUT2D eigenvalue weighted by Gasteiger charge is 2.11. The quantitative estimate of drug-likeness (QED) is 0.482. The number of nitrogens with zero attached hydrogens (tertiary/aromatic N) is 3. The van der Waals surface area contributed by atoms with Crippen molar-refractivity contribution in [1.82, 2.24) is 5.43 Å². The number of amides is 1. The molecule has 1 amide bonds. The van der Waals surface area contributed by atoms with Gasteiger partial charge in [0.05, 0.1) is 11.1 Å². The molecule has 0 bridgehead atoms. The van der Waals surface area contributed by atoms with Crippen molar-refractivity contribution < 1.29 is 9.72 Å². The second kappa shape index (κ2) is 7.69. The van der Waals surface area contributed by atoms with Gasteiger partial charge in [-0.05, 0) is 30.3 Å². The Labute approximate surface area is 147 Å². The molecule has 0 unspecified atom stereocenters. The molecule has 1 N–H and O–H groups in total. The molecule has 0 atom stereocenters. The average Bonchev–Trinajstić information content (AvgIpc) is 2.55. The summed E-state index contributed by atoms with van der Waals surface area (Å²) < 4.78 is 0.870. The Balaban J connectivity index is 2.18. The van der Waals surface area contributed by atoms with Crippen molar-refractivity contribution in [3.05, 3.63) is 68.2 Å². The van der Waals surface area contributed by atoms with Crippen molar-refractivity contribution in [1.29, 1.82) is 0 Å². The molecular weight excluding hydrogens is 376 g/mol. The molecule has 2 aromatic carbocycles. The molecule has 24 heavy (non-hydrogen) atoms. The molecular formula is C16H15BrN4O3.